The predicted octanol–water partition coefficient (Wildman–Crippen LogP) is 3.58. The van der Waals surface area contributed by atoms with E-state index < -0.39 is 17.8 Å². The Balaban J connectivity index is 1.44. The number of aromatic nitrogens is 2. The highest BCUT2D eigenvalue weighted by molar-refractivity contribution is 6.05. The van der Waals surface area contributed by atoms with Crippen LogP contribution in [-0.2, 0) is 14.3 Å². The van der Waals surface area contributed by atoms with Gasteiger partial charge in [-0.2, -0.15) is 0 Å². The number of anilines is 2. The number of benzene rings is 2. The molecule has 3 heterocycles. The van der Waals surface area contributed by atoms with E-state index >= 15 is 0 Å². The maximum Gasteiger partial charge on any atom is 0.253 e. The number of carbonyl (C=O) groups is 2. The van der Waals surface area contributed by atoms with Gasteiger partial charge in [-0.25, -0.2) is 9.37 Å². The summed E-state index contributed by atoms with van der Waals surface area (Å²) in [6, 6.07) is 11.4. The van der Waals surface area contributed by atoms with E-state index in [9.17, 15) is 14.0 Å². The number of carbonyl (C=O) groups excluding carboxylic acids is 2. The molecule has 31 heavy (non-hydrogen) atoms. The standard InChI is InChI=1S/C23H23FN4O3/c1-14-8-9-17(16(24)11-14)25-21(29)12-20-22(30)27(13-15-5-4-10-31-15)23-26-18-6-2-3-7-19(18)28(20)23/h2-3,6-9,11,15,20H,4-5,10,12-13H2,1H3,(H,25,29)/t15-,20-/m0/s1. The van der Waals surface area contributed by atoms with Gasteiger partial charge in [-0.3, -0.25) is 19.1 Å². The van der Waals surface area contributed by atoms with Gasteiger partial charge in [0.1, 0.15) is 11.9 Å². The fraction of sp³-hybridized carbons (Fsp3) is 0.348. The van der Waals surface area contributed by atoms with Crippen molar-refractivity contribution < 1.29 is 18.7 Å². The number of fused-ring (bicyclic) bond motifs is 3. The van der Waals surface area contributed by atoms with E-state index in [-0.39, 0.29) is 24.1 Å². The highest BCUT2D eigenvalue weighted by Gasteiger charge is 2.42. The van der Waals surface area contributed by atoms with Crippen LogP contribution in [0.15, 0.2) is 42.5 Å². The predicted molar refractivity (Wildman–Crippen MR) is 114 cm³/mol. The monoisotopic (exact) mass is 422 g/mol. The van der Waals surface area contributed by atoms with Gasteiger partial charge in [-0.05, 0) is 49.6 Å². The molecular formula is C23H23FN4O3. The molecule has 2 aliphatic heterocycles. The van der Waals surface area contributed by atoms with Crippen LogP contribution in [-0.4, -0.2) is 40.6 Å². The minimum atomic E-state index is -0.739. The maximum atomic E-state index is 14.2. The van der Waals surface area contributed by atoms with Gasteiger partial charge in [0.2, 0.25) is 11.9 Å². The lowest BCUT2D eigenvalue weighted by Crippen LogP contribution is -2.37. The molecule has 0 bridgehead atoms. The Bertz CT molecular complexity index is 1170. The number of hydrogen-bond acceptors (Lipinski definition) is 4. The van der Waals surface area contributed by atoms with Crippen LogP contribution in [0, 0.1) is 12.7 Å². The first-order valence-corrected chi connectivity index (χ1v) is 10.5. The summed E-state index contributed by atoms with van der Waals surface area (Å²) in [4.78, 5) is 32.4. The van der Waals surface area contributed by atoms with Gasteiger partial charge in [-0.1, -0.05) is 18.2 Å². The van der Waals surface area contributed by atoms with Crippen molar-refractivity contribution in [1.82, 2.24) is 9.55 Å². The van der Waals surface area contributed by atoms with Crippen LogP contribution in [0.1, 0.15) is 30.9 Å². The number of ether oxygens (including phenoxy) is 1. The van der Waals surface area contributed by atoms with Crippen molar-refractivity contribution >= 4 is 34.5 Å². The van der Waals surface area contributed by atoms with Crippen LogP contribution in [0.3, 0.4) is 0 Å². The van der Waals surface area contributed by atoms with Gasteiger partial charge in [0.05, 0.1) is 35.8 Å². The Morgan fingerprint density at radius 1 is 1.29 bits per heavy atom. The second-order valence-electron chi connectivity index (χ2n) is 8.11. The lowest BCUT2D eigenvalue weighted by molar-refractivity contribution is -0.124. The molecule has 8 heteroatoms. The molecule has 2 aromatic carbocycles. The molecule has 0 saturated carbocycles. The second kappa shape index (κ2) is 7.77. The first-order chi connectivity index (χ1) is 15.0. The molecule has 1 N–H and O–H groups in total. The molecular weight excluding hydrogens is 399 g/mol. The molecule has 2 amide bonds. The van der Waals surface area contributed by atoms with E-state index in [1.807, 2.05) is 28.8 Å². The third-order valence-electron chi connectivity index (χ3n) is 5.87. The van der Waals surface area contributed by atoms with Crippen LogP contribution in [0.5, 0.6) is 0 Å². The topological polar surface area (TPSA) is 76.5 Å². The lowest BCUT2D eigenvalue weighted by Gasteiger charge is -2.19. The summed E-state index contributed by atoms with van der Waals surface area (Å²) in [5.41, 5.74) is 2.42. The van der Waals surface area contributed by atoms with E-state index in [2.05, 4.69) is 10.3 Å². The van der Waals surface area contributed by atoms with E-state index in [0.717, 1.165) is 29.4 Å². The Hall–Kier alpha value is -3.26. The number of nitrogens with one attached hydrogen (secondary N) is 1. The van der Waals surface area contributed by atoms with Crippen LogP contribution in [0.4, 0.5) is 16.0 Å². The van der Waals surface area contributed by atoms with E-state index in [1.54, 1.807) is 17.9 Å². The Kier molecular flexibility index (Phi) is 4.94. The first-order valence-electron chi connectivity index (χ1n) is 10.5. The summed E-state index contributed by atoms with van der Waals surface area (Å²) in [5.74, 6) is -0.590. The van der Waals surface area contributed by atoms with Crippen LogP contribution in [0.2, 0.25) is 0 Å². The van der Waals surface area contributed by atoms with Crippen molar-refractivity contribution in [2.24, 2.45) is 0 Å². The molecule has 2 atom stereocenters. The zero-order valence-corrected chi connectivity index (χ0v) is 17.2. The van der Waals surface area contributed by atoms with Crippen molar-refractivity contribution in [1.29, 1.82) is 0 Å². The molecule has 3 aromatic rings. The fourth-order valence-electron chi connectivity index (χ4n) is 4.36. The number of rotatable bonds is 5. The highest BCUT2D eigenvalue weighted by atomic mass is 19.1. The molecule has 1 saturated heterocycles. The third kappa shape index (κ3) is 3.57. The Morgan fingerprint density at radius 2 is 2.13 bits per heavy atom. The van der Waals surface area contributed by atoms with Crippen molar-refractivity contribution in [2.45, 2.75) is 38.3 Å². The number of hydrogen-bond donors (Lipinski definition) is 1. The highest BCUT2D eigenvalue weighted by Crippen LogP contribution is 2.37. The molecule has 7 nitrogen and oxygen atoms in total. The van der Waals surface area contributed by atoms with Gasteiger partial charge >= 0.3 is 0 Å². The average molecular weight is 422 g/mol. The zero-order valence-electron chi connectivity index (χ0n) is 17.2. The van der Waals surface area contributed by atoms with Crippen LogP contribution in [0.25, 0.3) is 11.0 Å². The normalized spacial score (nSPS) is 20.5. The quantitative estimate of drug-likeness (QED) is 0.682. The summed E-state index contributed by atoms with van der Waals surface area (Å²) >= 11 is 0. The van der Waals surface area contributed by atoms with Crippen LogP contribution < -0.4 is 10.2 Å². The smallest absolute Gasteiger partial charge is 0.253 e. The molecule has 0 unspecified atom stereocenters. The molecule has 160 valence electrons. The molecule has 1 aromatic heterocycles. The number of aryl methyl sites for hydroxylation is 1. The Labute approximate surface area is 178 Å². The van der Waals surface area contributed by atoms with Gasteiger partial charge in [0.15, 0.2) is 0 Å². The molecule has 2 aliphatic rings. The number of nitrogens with zero attached hydrogens (tertiary/aromatic N) is 3. The summed E-state index contributed by atoms with van der Waals surface area (Å²) in [5, 5.41) is 2.60. The minimum absolute atomic E-state index is 0.0357. The second-order valence-corrected chi connectivity index (χ2v) is 8.11. The average Bonchev–Trinajstić information content (AvgIpc) is 3.44. The molecule has 1 fully saturated rings. The largest absolute Gasteiger partial charge is 0.376 e. The van der Waals surface area contributed by atoms with E-state index in [1.165, 1.54) is 12.1 Å². The van der Waals surface area contributed by atoms with Crippen LogP contribution >= 0.6 is 0 Å². The number of para-hydroxylation sites is 2. The first kappa shape index (κ1) is 19.7. The maximum absolute atomic E-state index is 14.2. The van der Waals surface area contributed by atoms with Crippen molar-refractivity contribution in [3.8, 4) is 0 Å². The number of amides is 2. The van der Waals surface area contributed by atoms with Crippen molar-refractivity contribution in [3.05, 3.63) is 53.8 Å². The summed E-state index contributed by atoms with van der Waals surface area (Å²) < 4.78 is 21.7. The zero-order chi connectivity index (χ0) is 21.5. The van der Waals surface area contributed by atoms with E-state index in [0.29, 0.717) is 19.1 Å². The summed E-state index contributed by atoms with van der Waals surface area (Å²) in [6.45, 7) is 2.88. The molecule has 0 spiro atoms. The Morgan fingerprint density at radius 3 is 2.90 bits per heavy atom. The third-order valence-corrected chi connectivity index (χ3v) is 5.87. The molecule has 5 rings (SSSR count). The van der Waals surface area contributed by atoms with Gasteiger partial charge < -0.3 is 10.1 Å². The minimum Gasteiger partial charge on any atom is -0.376 e. The van der Waals surface area contributed by atoms with Crippen molar-refractivity contribution in [3.63, 3.8) is 0 Å². The van der Waals surface area contributed by atoms with Crippen molar-refractivity contribution in [2.75, 3.05) is 23.4 Å². The van der Waals surface area contributed by atoms with Gasteiger partial charge in [0.25, 0.3) is 5.91 Å². The lowest BCUT2D eigenvalue weighted by atomic mass is 10.1. The molecule has 0 aliphatic carbocycles. The molecule has 0 radical (unpaired) electrons. The number of imidazole rings is 1. The van der Waals surface area contributed by atoms with Gasteiger partial charge in [-0.15, -0.1) is 0 Å². The SMILES string of the molecule is Cc1ccc(NC(=O)C[C@H]2C(=O)N(C[C@@H]3CCCO3)c3nc4ccccc4n32)c(F)c1. The summed E-state index contributed by atoms with van der Waals surface area (Å²) in [7, 11) is 0. The number of halogens is 1. The fourth-order valence-corrected chi connectivity index (χ4v) is 4.36. The van der Waals surface area contributed by atoms with E-state index in [4.69, 9.17) is 4.74 Å². The summed E-state index contributed by atoms with van der Waals surface area (Å²) in [6.07, 6.45) is 1.71. The van der Waals surface area contributed by atoms with Gasteiger partial charge in [0, 0.05) is 6.61 Å².